The van der Waals surface area contributed by atoms with Gasteiger partial charge in [-0.1, -0.05) is 29.3 Å². The number of hydrogen-bond acceptors (Lipinski definition) is 3. The second kappa shape index (κ2) is 6.12. The largest absolute Gasteiger partial charge is 0.449 e. The van der Waals surface area contributed by atoms with Crippen LogP contribution in [0.15, 0.2) is 18.2 Å². The molecular weight excluding hydrogens is 291 g/mol. The topological polar surface area (TPSA) is 58.6 Å². The molecule has 0 bridgehead atoms. The number of carbonyl (C=O) groups is 2. The summed E-state index contributed by atoms with van der Waals surface area (Å²) in [5.41, 5.74) is 0.421. The van der Waals surface area contributed by atoms with Crippen LogP contribution in [0.5, 0.6) is 0 Å². The highest BCUT2D eigenvalue weighted by Crippen LogP contribution is 2.29. The summed E-state index contributed by atoms with van der Waals surface area (Å²) in [5, 5.41) is 3.25. The molecule has 5 nitrogen and oxygen atoms in total. The first kappa shape index (κ1) is 14.0. The van der Waals surface area contributed by atoms with Crippen molar-refractivity contribution >= 4 is 40.9 Å². The smallest absolute Gasteiger partial charge is 0.410 e. The molecule has 2 amide bonds. The number of anilines is 1. The summed E-state index contributed by atoms with van der Waals surface area (Å²) < 4.78 is 4.84. The highest BCUT2D eigenvalue weighted by atomic mass is 35.5. The molecule has 1 fully saturated rings. The number of halogens is 2. The number of ether oxygens (including phenoxy) is 1. The standard InChI is InChI=1S/C12H12Cl2N2O3/c13-8-3-1-4-9(11(8)14)15-10(17)7-16-5-2-6-19-12(16)18/h1,3-4H,2,5-7H2,(H,15,17). The molecule has 1 aromatic rings. The highest BCUT2D eigenvalue weighted by Gasteiger charge is 2.22. The molecule has 0 radical (unpaired) electrons. The molecule has 7 heteroatoms. The van der Waals surface area contributed by atoms with Crippen LogP contribution in [0, 0.1) is 0 Å². The summed E-state index contributed by atoms with van der Waals surface area (Å²) in [6.45, 7) is 0.842. The van der Waals surface area contributed by atoms with Gasteiger partial charge in [-0.2, -0.15) is 0 Å². The molecule has 0 aromatic heterocycles. The van der Waals surface area contributed by atoms with Gasteiger partial charge in [0, 0.05) is 6.54 Å². The fraction of sp³-hybridized carbons (Fsp3) is 0.333. The van der Waals surface area contributed by atoms with Crippen molar-refractivity contribution < 1.29 is 14.3 Å². The summed E-state index contributed by atoms with van der Waals surface area (Å²) in [5.74, 6) is -0.344. The zero-order chi connectivity index (χ0) is 13.8. The average Bonchev–Trinajstić information content (AvgIpc) is 2.38. The van der Waals surface area contributed by atoms with Crippen LogP contribution in [0.1, 0.15) is 6.42 Å². The third kappa shape index (κ3) is 3.52. The normalized spacial score (nSPS) is 15.1. The van der Waals surface area contributed by atoms with Crippen LogP contribution in [0.4, 0.5) is 10.5 Å². The molecular formula is C12H12Cl2N2O3. The van der Waals surface area contributed by atoms with Crippen molar-refractivity contribution in [1.82, 2.24) is 4.90 Å². The molecule has 1 heterocycles. The Hall–Kier alpha value is -1.46. The Morgan fingerprint density at radius 3 is 2.95 bits per heavy atom. The van der Waals surface area contributed by atoms with E-state index < -0.39 is 6.09 Å². The van der Waals surface area contributed by atoms with Gasteiger partial charge in [0.2, 0.25) is 5.91 Å². The van der Waals surface area contributed by atoms with E-state index in [-0.39, 0.29) is 17.5 Å². The lowest BCUT2D eigenvalue weighted by Gasteiger charge is -2.25. The SMILES string of the molecule is O=C(CN1CCCOC1=O)Nc1cccc(Cl)c1Cl. The van der Waals surface area contributed by atoms with Gasteiger partial charge in [0.15, 0.2) is 0 Å². The van der Waals surface area contributed by atoms with Gasteiger partial charge in [-0.25, -0.2) is 4.79 Å². The van der Waals surface area contributed by atoms with Crippen LogP contribution >= 0.6 is 23.2 Å². The Kier molecular flexibility index (Phi) is 4.50. The van der Waals surface area contributed by atoms with Crippen LogP contribution < -0.4 is 5.32 Å². The number of carbonyl (C=O) groups excluding carboxylic acids is 2. The van der Waals surface area contributed by atoms with Crippen molar-refractivity contribution in [3.8, 4) is 0 Å². The molecule has 0 spiro atoms. The Morgan fingerprint density at radius 1 is 1.42 bits per heavy atom. The molecule has 1 aliphatic rings. The molecule has 0 atom stereocenters. The van der Waals surface area contributed by atoms with Crippen molar-refractivity contribution in [2.75, 3.05) is 25.0 Å². The summed E-state index contributed by atoms with van der Waals surface area (Å²) in [4.78, 5) is 24.6. The monoisotopic (exact) mass is 302 g/mol. The Morgan fingerprint density at radius 2 is 2.21 bits per heavy atom. The van der Waals surface area contributed by atoms with E-state index in [0.29, 0.717) is 23.9 Å². The first-order chi connectivity index (χ1) is 9.08. The van der Waals surface area contributed by atoms with E-state index in [0.717, 1.165) is 6.42 Å². The number of rotatable bonds is 3. The van der Waals surface area contributed by atoms with E-state index >= 15 is 0 Å². The van der Waals surface area contributed by atoms with E-state index in [2.05, 4.69) is 5.32 Å². The predicted molar refractivity (Wildman–Crippen MR) is 72.6 cm³/mol. The van der Waals surface area contributed by atoms with Gasteiger partial charge in [-0.05, 0) is 18.6 Å². The van der Waals surface area contributed by atoms with Gasteiger partial charge in [0.05, 0.1) is 22.3 Å². The summed E-state index contributed by atoms with van der Waals surface area (Å²) >= 11 is 11.8. The molecule has 0 unspecified atom stereocenters. The van der Waals surface area contributed by atoms with Crippen LogP contribution in [0.3, 0.4) is 0 Å². The highest BCUT2D eigenvalue weighted by molar-refractivity contribution is 6.44. The number of amides is 2. The van der Waals surface area contributed by atoms with Crippen molar-refractivity contribution in [1.29, 1.82) is 0 Å². The lowest BCUT2D eigenvalue weighted by atomic mass is 10.3. The second-order valence-corrected chi connectivity index (χ2v) is 4.82. The van der Waals surface area contributed by atoms with Crippen molar-refractivity contribution in [2.24, 2.45) is 0 Å². The number of cyclic esters (lactones) is 1. The third-order valence-corrected chi connectivity index (χ3v) is 3.44. The Labute approximate surface area is 120 Å². The minimum atomic E-state index is -0.474. The Balaban J connectivity index is 1.97. The van der Waals surface area contributed by atoms with E-state index in [9.17, 15) is 9.59 Å². The number of benzene rings is 1. The van der Waals surface area contributed by atoms with E-state index in [1.807, 2.05) is 0 Å². The van der Waals surface area contributed by atoms with Gasteiger partial charge in [0.1, 0.15) is 6.54 Å². The maximum atomic E-state index is 11.8. The molecule has 0 saturated carbocycles. The molecule has 1 saturated heterocycles. The number of nitrogens with one attached hydrogen (secondary N) is 1. The summed E-state index contributed by atoms with van der Waals surface area (Å²) in [6, 6.07) is 4.95. The van der Waals surface area contributed by atoms with Gasteiger partial charge in [0.25, 0.3) is 0 Å². The lowest BCUT2D eigenvalue weighted by Crippen LogP contribution is -2.42. The second-order valence-electron chi connectivity index (χ2n) is 4.04. The van der Waals surface area contributed by atoms with Crippen LogP contribution in [-0.2, 0) is 9.53 Å². The third-order valence-electron chi connectivity index (χ3n) is 2.62. The molecule has 2 rings (SSSR count). The molecule has 19 heavy (non-hydrogen) atoms. The quantitative estimate of drug-likeness (QED) is 0.934. The lowest BCUT2D eigenvalue weighted by molar-refractivity contribution is -0.117. The van der Waals surface area contributed by atoms with Crippen molar-refractivity contribution in [3.05, 3.63) is 28.2 Å². The molecule has 1 aromatic carbocycles. The van der Waals surface area contributed by atoms with Crippen molar-refractivity contribution in [2.45, 2.75) is 6.42 Å². The number of nitrogens with zero attached hydrogens (tertiary/aromatic N) is 1. The Bertz CT molecular complexity index is 508. The maximum Gasteiger partial charge on any atom is 0.410 e. The van der Waals surface area contributed by atoms with E-state index in [4.69, 9.17) is 27.9 Å². The van der Waals surface area contributed by atoms with Gasteiger partial charge >= 0.3 is 6.09 Å². The molecule has 1 N–H and O–H groups in total. The van der Waals surface area contributed by atoms with Crippen molar-refractivity contribution in [3.63, 3.8) is 0 Å². The first-order valence-corrected chi connectivity index (χ1v) is 6.49. The average molecular weight is 303 g/mol. The van der Waals surface area contributed by atoms with Crippen LogP contribution in [0.25, 0.3) is 0 Å². The van der Waals surface area contributed by atoms with Gasteiger partial charge in [-0.3, -0.25) is 9.69 Å². The fourth-order valence-electron chi connectivity index (χ4n) is 1.70. The molecule has 0 aliphatic carbocycles. The summed E-state index contributed by atoms with van der Waals surface area (Å²) in [7, 11) is 0. The zero-order valence-electron chi connectivity index (χ0n) is 9.99. The number of hydrogen-bond donors (Lipinski definition) is 1. The minimum Gasteiger partial charge on any atom is -0.449 e. The van der Waals surface area contributed by atoms with E-state index in [1.54, 1.807) is 18.2 Å². The minimum absolute atomic E-state index is 0.0678. The molecule has 102 valence electrons. The van der Waals surface area contributed by atoms with Gasteiger partial charge in [-0.15, -0.1) is 0 Å². The van der Waals surface area contributed by atoms with E-state index in [1.165, 1.54) is 4.90 Å². The first-order valence-electron chi connectivity index (χ1n) is 5.73. The van der Waals surface area contributed by atoms with Crippen LogP contribution in [0.2, 0.25) is 10.0 Å². The van der Waals surface area contributed by atoms with Gasteiger partial charge < -0.3 is 10.1 Å². The molecule has 1 aliphatic heterocycles. The zero-order valence-corrected chi connectivity index (χ0v) is 11.5. The fourth-order valence-corrected chi connectivity index (χ4v) is 2.05. The maximum absolute atomic E-state index is 11.8. The summed E-state index contributed by atoms with van der Waals surface area (Å²) in [6.07, 6.45) is 0.246. The van der Waals surface area contributed by atoms with Crippen LogP contribution in [-0.4, -0.2) is 36.6 Å². The predicted octanol–water partition coefficient (Wildman–Crippen LogP) is 2.77.